The number of amides is 1. The largest absolute Gasteiger partial charge is 0.497 e. The average Bonchev–Trinajstić information content (AvgIpc) is 3.33. The second-order valence-corrected chi connectivity index (χ2v) is 6.96. The topological polar surface area (TPSA) is 73.8 Å². The number of carbonyl (C=O) groups excluding carboxylic acids is 1. The number of carbonyl (C=O) groups is 1. The second-order valence-electron chi connectivity index (χ2n) is 6.96. The van der Waals surface area contributed by atoms with Gasteiger partial charge in [-0.1, -0.05) is 6.07 Å². The SMILES string of the molecule is COc1cccc(OC[C@@H]2C3CCC(C3)N2C(=O)c2cnc(OC)nc2)c1. The third kappa shape index (κ3) is 3.41. The molecule has 2 heterocycles. The van der Waals surface area contributed by atoms with Crippen LogP contribution in [0.25, 0.3) is 0 Å². The van der Waals surface area contributed by atoms with Crippen LogP contribution in [0.1, 0.15) is 29.6 Å². The van der Waals surface area contributed by atoms with Crippen molar-refractivity contribution in [2.24, 2.45) is 5.92 Å². The van der Waals surface area contributed by atoms with Crippen LogP contribution >= 0.6 is 0 Å². The summed E-state index contributed by atoms with van der Waals surface area (Å²) >= 11 is 0. The number of likely N-dealkylation sites (tertiary alicyclic amines) is 1. The van der Waals surface area contributed by atoms with Crippen molar-refractivity contribution >= 4 is 5.91 Å². The zero-order valence-electron chi connectivity index (χ0n) is 15.5. The molecule has 1 aliphatic carbocycles. The van der Waals surface area contributed by atoms with E-state index in [-0.39, 0.29) is 24.0 Å². The minimum Gasteiger partial charge on any atom is -0.497 e. The molecular weight excluding hydrogens is 346 g/mol. The Morgan fingerprint density at radius 1 is 1.15 bits per heavy atom. The van der Waals surface area contributed by atoms with Crippen LogP contribution in [0.15, 0.2) is 36.7 Å². The van der Waals surface area contributed by atoms with Crippen LogP contribution < -0.4 is 14.2 Å². The minimum absolute atomic E-state index is 0.0379. The van der Waals surface area contributed by atoms with Crippen LogP contribution in [0.2, 0.25) is 0 Å². The molecule has 2 bridgehead atoms. The van der Waals surface area contributed by atoms with E-state index < -0.39 is 0 Å². The predicted molar refractivity (Wildman–Crippen MR) is 98.2 cm³/mol. The third-order valence-corrected chi connectivity index (χ3v) is 5.49. The smallest absolute Gasteiger partial charge is 0.316 e. The molecule has 1 aromatic heterocycles. The first-order valence-corrected chi connectivity index (χ1v) is 9.15. The molecule has 3 atom stereocenters. The first-order valence-electron chi connectivity index (χ1n) is 9.15. The monoisotopic (exact) mass is 369 g/mol. The Morgan fingerprint density at radius 2 is 1.93 bits per heavy atom. The minimum atomic E-state index is -0.0379. The molecular formula is C20H23N3O4. The van der Waals surface area contributed by atoms with Crippen LogP contribution in [-0.4, -0.2) is 53.7 Å². The molecule has 1 aromatic carbocycles. The molecule has 0 N–H and O–H groups in total. The van der Waals surface area contributed by atoms with Gasteiger partial charge in [0.05, 0.1) is 25.8 Å². The van der Waals surface area contributed by atoms with Crippen LogP contribution in [-0.2, 0) is 0 Å². The maximum absolute atomic E-state index is 13.1. The normalized spacial score (nSPS) is 23.3. The quantitative estimate of drug-likeness (QED) is 0.779. The van der Waals surface area contributed by atoms with Crippen molar-refractivity contribution in [1.29, 1.82) is 0 Å². The van der Waals surface area contributed by atoms with Gasteiger partial charge in [0.15, 0.2) is 0 Å². The zero-order chi connectivity index (χ0) is 18.8. The van der Waals surface area contributed by atoms with E-state index in [0.29, 0.717) is 18.1 Å². The molecule has 2 aromatic rings. The third-order valence-electron chi connectivity index (χ3n) is 5.49. The molecule has 4 rings (SSSR count). The molecule has 0 spiro atoms. The van der Waals surface area contributed by atoms with Gasteiger partial charge in [-0.3, -0.25) is 4.79 Å². The Morgan fingerprint density at radius 3 is 2.67 bits per heavy atom. The van der Waals surface area contributed by atoms with Gasteiger partial charge in [0, 0.05) is 24.5 Å². The predicted octanol–water partition coefficient (Wildman–Crippen LogP) is 2.57. The molecule has 2 unspecified atom stereocenters. The Bertz CT molecular complexity index is 811. The summed E-state index contributed by atoms with van der Waals surface area (Å²) in [4.78, 5) is 23.2. The molecule has 1 aliphatic heterocycles. The highest BCUT2D eigenvalue weighted by Crippen LogP contribution is 2.43. The fraction of sp³-hybridized carbons (Fsp3) is 0.450. The first kappa shape index (κ1) is 17.6. The average molecular weight is 369 g/mol. The Labute approximate surface area is 158 Å². The number of methoxy groups -OCH3 is 2. The summed E-state index contributed by atoms with van der Waals surface area (Å²) < 4.78 is 16.2. The van der Waals surface area contributed by atoms with Crippen molar-refractivity contribution in [2.75, 3.05) is 20.8 Å². The molecule has 1 saturated carbocycles. The fourth-order valence-corrected chi connectivity index (χ4v) is 4.18. The number of nitrogens with zero attached hydrogens (tertiary/aromatic N) is 3. The van der Waals surface area contributed by atoms with E-state index in [1.807, 2.05) is 29.2 Å². The van der Waals surface area contributed by atoms with Gasteiger partial charge in [-0.05, 0) is 37.3 Å². The van der Waals surface area contributed by atoms with Crippen molar-refractivity contribution in [3.8, 4) is 17.5 Å². The van der Waals surface area contributed by atoms with E-state index >= 15 is 0 Å². The van der Waals surface area contributed by atoms with E-state index in [2.05, 4.69) is 9.97 Å². The number of fused-ring (bicyclic) bond motifs is 2. The van der Waals surface area contributed by atoms with Crippen LogP contribution in [0.4, 0.5) is 0 Å². The van der Waals surface area contributed by atoms with Crippen molar-refractivity contribution < 1.29 is 19.0 Å². The van der Waals surface area contributed by atoms with Gasteiger partial charge in [-0.2, -0.15) is 0 Å². The Hall–Kier alpha value is -2.83. The van der Waals surface area contributed by atoms with Gasteiger partial charge in [0.25, 0.3) is 5.91 Å². The van der Waals surface area contributed by atoms with Crippen LogP contribution in [0.5, 0.6) is 17.5 Å². The fourth-order valence-electron chi connectivity index (χ4n) is 4.18. The molecule has 1 saturated heterocycles. The lowest BCUT2D eigenvalue weighted by Gasteiger charge is -2.35. The molecule has 7 heteroatoms. The molecule has 7 nitrogen and oxygen atoms in total. The van der Waals surface area contributed by atoms with Crippen LogP contribution in [0, 0.1) is 5.92 Å². The van der Waals surface area contributed by atoms with Crippen LogP contribution in [0.3, 0.4) is 0 Å². The van der Waals surface area contributed by atoms with Gasteiger partial charge < -0.3 is 19.1 Å². The Balaban J connectivity index is 1.49. The number of hydrogen-bond acceptors (Lipinski definition) is 6. The van der Waals surface area contributed by atoms with Crippen molar-refractivity contribution in [2.45, 2.75) is 31.3 Å². The standard InChI is InChI=1S/C20H23N3O4/c1-25-16-4-3-5-17(9-16)27-12-18-13-6-7-15(8-13)23(18)19(24)14-10-21-20(26-2)22-11-14/h3-5,9-11,13,15,18H,6-8,12H2,1-2H3/t13?,15?,18-/m1/s1. The van der Waals surface area contributed by atoms with Crippen molar-refractivity contribution in [1.82, 2.24) is 14.9 Å². The van der Waals surface area contributed by atoms with E-state index in [9.17, 15) is 4.79 Å². The number of aromatic nitrogens is 2. The summed E-state index contributed by atoms with van der Waals surface area (Å²) in [7, 11) is 3.13. The lowest BCUT2D eigenvalue weighted by molar-refractivity contribution is 0.0504. The second kappa shape index (κ2) is 7.42. The van der Waals surface area contributed by atoms with E-state index in [1.165, 1.54) is 19.5 Å². The van der Waals surface area contributed by atoms with Gasteiger partial charge in [0.2, 0.25) is 0 Å². The number of piperidine rings is 1. The van der Waals surface area contributed by atoms with E-state index in [4.69, 9.17) is 14.2 Å². The first-order chi connectivity index (χ1) is 13.2. The summed E-state index contributed by atoms with van der Waals surface area (Å²) in [5, 5.41) is 0. The summed E-state index contributed by atoms with van der Waals surface area (Å²) in [6.07, 6.45) is 6.28. The lowest BCUT2D eigenvalue weighted by Crippen LogP contribution is -2.47. The Kier molecular flexibility index (Phi) is 4.83. The zero-order valence-corrected chi connectivity index (χ0v) is 15.5. The number of rotatable bonds is 6. The maximum Gasteiger partial charge on any atom is 0.316 e. The van der Waals surface area contributed by atoms with Crippen molar-refractivity contribution in [3.05, 3.63) is 42.2 Å². The van der Waals surface area contributed by atoms with Gasteiger partial charge in [-0.15, -0.1) is 0 Å². The molecule has 2 aliphatic rings. The molecule has 2 fully saturated rings. The van der Waals surface area contributed by atoms with Crippen molar-refractivity contribution in [3.63, 3.8) is 0 Å². The summed E-state index contributed by atoms with van der Waals surface area (Å²) in [6.45, 7) is 0.469. The maximum atomic E-state index is 13.1. The molecule has 27 heavy (non-hydrogen) atoms. The number of hydrogen-bond donors (Lipinski definition) is 0. The summed E-state index contributed by atoms with van der Waals surface area (Å²) in [6, 6.07) is 8.12. The number of ether oxygens (including phenoxy) is 3. The lowest BCUT2D eigenvalue weighted by atomic mass is 9.99. The summed E-state index contributed by atoms with van der Waals surface area (Å²) in [5.41, 5.74) is 0.481. The van der Waals surface area contributed by atoms with Gasteiger partial charge >= 0.3 is 6.01 Å². The molecule has 1 amide bonds. The highest BCUT2D eigenvalue weighted by atomic mass is 16.5. The van der Waals surface area contributed by atoms with Gasteiger partial charge in [-0.25, -0.2) is 9.97 Å². The molecule has 0 radical (unpaired) electrons. The highest BCUT2D eigenvalue weighted by Gasteiger charge is 2.48. The molecule has 142 valence electrons. The van der Waals surface area contributed by atoms with E-state index in [0.717, 1.165) is 30.8 Å². The van der Waals surface area contributed by atoms with E-state index in [1.54, 1.807) is 7.11 Å². The summed E-state index contributed by atoms with van der Waals surface area (Å²) in [5.74, 6) is 1.94. The van der Waals surface area contributed by atoms with Gasteiger partial charge in [0.1, 0.15) is 18.1 Å². The highest BCUT2D eigenvalue weighted by molar-refractivity contribution is 5.94. The number of benzene rings is 1.